The quantitative estimate of drug-likeness (QED) is 0.365. The number of benzene rings is 2. The van der Waals surface area contributed by atoms with Crippen LogP contribution in [-0.4, -0.2) is 56.1 Å². The van der Waals surface area contributed by atoms with Gasteiger partial charge < -0.3 is 23.8 Å². The molecule has 3 aromatic rings. The van der Waals surface area contributed by atoms with E-state index in [1.165, 1.54) is 21.3 Å². The van der Waals surface area contributed by atoms with E-state index in [0.717, 1.165) is 48.7 Å². The van der Waals surface area contributed by atoms with Gasteiger partial charge in [-0.2, -0.15) is 5.10 Å². The summed E-state index contributed by atoms with van der Waals surface area (Å²) in [5.41, 5.74) is 3.36. The monoisotopic (exact) mass is 488 g/mol. The van der Waals surface area contributed by atoms with E-state index in [-0.39, 0.29) is 11.6 Å². The third kappa shape index (κ3) is 4.17. The fourth-order valence-corrected chi connectivity index (χ4v) is 4.55. The molecule has 0 bridgehead atoms. The molecule has 2 aliphatic rings. The van der Waals surface area contributed by atoms with Gasteiger partial charge in [0.05, 0.1) is 32.7 Å². The molecule has 9 nitrogen and oxygen atoms in total. The Balaban J connectivity index is 1.59. The molecule has 36 heavy (non-hydrogen) atoms. The number of ether oxygens (including phenoxy) is 4. The van der Waals surface area contributed by atoms with E-state index in [1.807, 2.05) is 41.9 Å². The highest BCUT2D eigenvalue weighted by molar-refractivity contribution is 6.13. The van der Waals surface area contributed by atoms with Gasteiger partial charge in [-0.05, 0) is 50.1 Å². The predicted molar refractivity (Wildman–Crippen MR) is 136 cm³/mol. The second-order valence-electron chi connectivity index (χ2n) is 8.51. The van der Waals surface area contributed by atoms with E-state index < -0.39 is 5.97 Å². The molecule has 0 amide bonds. The number of aryl methyl sites for hydroxylation is 1. The molecule has 1 fully saturated rings. The maximum atomic E-state index is 12.9. The van der Waals surface area contributed by atoms with Crippen molar-refractivity contribution in [3.8, 4) is 22.9 Å². The summed E-state index contributed by atoms with van der Waals surface area (Å²) >= 11 is 0. The normalized spacial score (nSPS) is 16.3. The van der Waals surface area contributed by atoms with Crippen LogP contribution in [0.15, 0.2) is 53.2 Å². The van der Waals surface area contributed by atoms with Crippen LogP contribution in [0, 0.1) is 6.92 Å². The molecule has 2 aromatic carbocycles. The van der Waals surface area contributed by atoms with E-state index in [0.29, 0.717) is 22.8 Å². The summed E-state index contributed by atoms with van der Waals surface area (Å²) < 4.78 is 23.7. The summed E-state index contributed by atoms with van der Waals surface area (Å²) in [6, 6.07) is 13.4. The number of nitrogens with zero attached hydrogens (tertiary/aromatic N) is 4. The van der Waals surface area contributed by atoms with Crippen molar-refractivity contribution in [3.05, 3.63) is 65.0 Å². The Morgan fingerprint density at radius 1 is 0.972 bits per heavy atom. The van der Waals surface area contributed by atoms with Crippen LogP contribution in [0.1, 0.15) is 29.7 Å². The molecule has 0 radical (unpaired) electrons. The lowest BCUT2D eigenvalue weighted by atomic mass is 10.1. The highest BCUT2D eigenvalue weighted by atomic mass is 16.6. The van der Waals surface area contributed by atoms with Gasteiger partial charge in [0.25, 0.3) is 0 Å². The smallest absolute Gasteiger partial charge is 0.363 e. The first-order valence-electron chi connectivity index (χ1n) is 11.8. The fraction of sp³-hybridized carbons (Fsp3) is 0.296. The SMILES string of the molecule is COc1cc(C2=N/C(=C/c3c(C)nn(-c4ccccc4)c3N3CCCC3)C(=O)O2)cc(OC)c1OC. The van der Waals surface area contributed by atoms with Gasteiger partial charge in [0.15, 0.2) is 17.2 Å². The molecule has 0 N–H and O–H groups in total. The molecule has 1 aromatic heterocycles. The van der Waals surface area contributed by atoms with Gasteiger partial charge in [-0.3, -0.25) is 0 Å². The number of carbonyl (C=O) groups is 1. The Kier molecular flexibility index (Phi) is 6.37. The Bertz CT molecular complexity index is 1330. The lowest BCUT2D eigenvalue weighted by molar-refractivity contribution is -0.129. The molecular formula is C27H28N4O5. The Labute approximate surface area is 209 Å². The van der Waals surface area contributed by atoms with Gasteiger partial charge in [0, 0.05) is 24.2 Å². The number of aromatic nitrogens is 2. The average Bonchev–Trinajstić information content (AvgIpc) is 3.64. The number of para-hydroxylation sites is 1. The molecule has 0 unspecified atom stereocenters. The Morgan fingerprint density at radius 2 is 1.64 bits per heavy atom. The zero-order valence-corrected chi connectivity index (χ0v) is 20.8. The number of rotatable bonds is 7. The maximum absolute atomic E-state index is 12.9. The minimum absolute atomic E-state index is 0.168. The number of aliphatic imine (C=N–C) groups is 1. The largest absolute Gasteiger partial charge is 0.493 e. The van der Waals surface area contributed by atoms with Crippen molar-refractivity contribution in [1.29, 1.82) is 0 Å². The van der Waals surface area contributed by atoms with Crippen molar-refractivity contribution in [2.24, 2.45) is 4.99 Å². The van der Waals surface area contributed by atoms with Crippen molar-refractivity contribution in [3.63, 3.8) is 0 Å². The van der Waals surface area contributed by atoms with Gasteiger partial charge >= 0.3 is 5.97 Å². The fourth-order valence-electron chi connectivity index (χ4n) is 4.55. The standard InChI is InChI=1S/C27H28N4O5/c1-17-20(26(30-12-8-9-13-30)31(29-17)19-10-6-5-7-11-19)16-21-27(32)36-25(28-21)18-14-22(33-2)24(35-4)23(15-18)34-3/h5-7,10-11,14-16H,8-9,12-13H2,1-4H3/b21-16+. The van der Waals surface area contributed by atoms with Crippen molar-refractivity contribution in [2.45, 2.75) is 19.8 Å². The topological polar surface area (TPSA) is 87.4 Å². The van der Waals surface area contributed by atoms with Gasteiger partial charge in [-0.15, -0.1) is 0 Å². The van der Waals surface area contributed by atoms with Gasteiger partial charge in [0.1, 0.15) is 5.82 Å². The van der Waals surface area contributed by atoms with E-state index in [4.69, 9.17) is 24.0 Å². The summed E-state index contributed by atoms with van der Waals surface area (Å²) in [5, 5.41) is 4.82. The maximum Gasteiger partial charge on any atom is 0.363 e. The summed E-state index contributed by atoms with van der Waals surface area (Å²) in [6.07, 6.45) is 3.99. The first-order valence-corrected chi connectivity index (χ1v) is 11.8. The van der Waals surface area contributed by atoms with Crippen LogP contribution >= 0.6 is 0 Å². The Hall–Kier alpha value is -4.27. The summed E-state index contributed by atoms with van der Waals surface area (Å²) in [7, 11) is 4.59. The van der Waals surface area contributed by atoms with Crippen LogP contribution in [0.25, 0.3) is 11.8 Å². The van der Waals surface area contributed by atoms with Crippen molar-refractivity contribution in [2.75, 3.05) is 39.3 Å². The zero-order valence-electron chi connectivity index (χ0n) is 20.8. The molecule has 9 heteroatoms. The van der Waals surface area contributed by atoms with Crippen molar-refractivity contribution < 1.29 is 23.7 Å². The van der Waals surface area contributed by atoms with Gasteiger partial charge in [-0.25, -0.2) is 14.5 Å². The number of carbonyl (C=O) groups excluding carboxylic acids is 1. The molecule has 186 valence electrons. The number of hydrogen-bond acceptors (Lipinski definition) is 8. The lowest BCUT2D eigenvalue weighted by Crippen LogP contribution is -2.22. The lowest BCUT2D eigenvalue weighted by Gasteiger charge is -2.20. The third-order valence-corrected chi connectivity index (χ3v) is 6.30. The second kappa shape index (κ2) is 9.77. The summed E-state index contributed by atoms with van der Waals surface area (Å²) in [4.78, 5) is 19.7. The van der Waals surface area contributed by atoms with Crippen LogP contribution in [0.2, 0.25) is 0 Å². The van der Waals surface area contributed by atoms with E-state index in [2.05, 4.69) is 9.89 Å². The van der Waals surface area contributed by atoms with Crippen LogP contribution in [-0.2, 0) is 9.53 Å². The molecule has 0 aliphatic carbocycles. The number of esters is 1. The molecule has 0 spiro atoms. The minimum atomic E-state index is -0.530. The highest BCUT2D eigenvalue weighted by Crippen LogP contribution is 2.39. The van der Waals surface area contributed by atoms with Crippen LogP contribution in [0.4, 0.5) is 5.82 Å². The molecular weight excluding hydrogens is 460 g/mol. The third-order valence-electron chi connectivity index (χ3n) is 6.30. The molecule has 1 saturated heterocycles. The van der Waals surface area contributed by atoms with Crippen molar-refractivity contribution in [1.82, 2.24) is 9.78 Å². The first-order chi connectivity index (χ1) is 17.5. The van der Waals surface area contributed by atoms with Crippen LogP contribution in [0.5, 0.6) is 17.2 Å². The van der Waals surface area contributed by atoms with Crippen molar-refractivity contribution >= 4 is 23.8 Å². The molecule has 0 atom stereocenters. The van der Waals surface area contributed by atoms with Crippen LogP contribution in [0.3, 0.4) is 0 Å². The summed E-state index contributed by atoms with van der Waals surface area (Å²) in [5.74, 6) is 1.93. The number of hydrogen-bond donors (Lipinski definition) is 0. The molecule has 2 aliphatic heterocycles. The number of methoxy groups -OCH3 is 3. The minimum Gasteiger partial charge on any atom is -0.493 e. The molecule has 5 rings (SSSR count). The molecule has 3 heterocycles. The highest BCUT2D eigenvalue weighted by Gasteiger charge is 2.29. The Morgan fingerprint density at radius 3 is 2.25 bits per heavy atom. The summed E-state index contributed by atoms with van der Waals surface area (Å²) in [6.45, 7) is 3.80. The predicted octanol–water partition coefficient (Wildman–Crippen LogP) is 4.15. The van der Waals surface area contributed by atoms with Crippen LogP contribution < -0.4 is 19.1 Å². The number of anilines is 1. The van der Waals surface area contributed by atoms with E-state index in [9.17, 15) is 4.79 Å². The molecule has 0 saturated carbocycles. The zero-order chi connectivity index (χ0) is 25.2. The first kappa shape index (κ1) is 23.5. The number of cyclic esters (lactones) is 1. The average molecular weight is 489 g/mol. The van der Waals surface area contributed by atoms with E-state index in [1.54, 1.807) is 18.2 Å². The van der Waals surface area contributed by atoms with E-state index >= 15 is 0 Å². The van der Waals surface area contributed by atoms with Gasteiger partial charge in [0.2, 0.25) is 11.6 Å². The second-order valence-corrected chi connectivity index (χ2v) is 8.51. The van der Waals surface area contributed by atoms with Gasteiger partial charge in [-0.1, -0.05) is 18.2 Å².